The summed E-state index contributed by atoms with van der Waals surface area (Å²) in [5.41, 5.74) is 4.41. The van der Waals surface area contributed by atoms with Crippen LogP contribution in [0.25, 0.3) is 5.57 Å². The van der Waals surface area contributed by atoms with Crippen LogP contribution in [-0.4, -0.2) is 5.11 Å². The minimum absolute atomic E-state index is 0.419. The monoisotopic (exact) mass is 242 g/mol. The van der Waals surface area contributed by atoms with E-state index >= 15 is 0 Å². The van der Waals surface area contributed by atoms with Gasteiger partial charge in [0.1, 0.15) is 5.75 Å². The van der Waals surface area contributed by atoms with Gasteiger partial charge in [-0.2, -0.15) is 0 Å². The summed E-state index contributed by atoms with van der Waals surface area (Å²) in [7, 11) is 0. The number of phenols is 1. The lowest BCUT2D eigenvalue weighted by atomic mass is 9.89. The van der Waals surface area contributed by atoms with Crippen molar-refractivity contribution < 1.29 is 5.11 Å². The highest BCUT2D eigenvalue weighted by Crippen LogP contribution is 2.30. The normalized spacial score (nSPS) is 18.8. The predicted octanol–water partition coefficient (Wildman–Crippen LogP) is 4.77. The van der Waals surface area contributed by atoms with E-state index in [1.807, 2.05) is 13.8 Å². The van der Waals surface area contributed by atoms with Crippen LogP contribution in [0, 0.1) is 19.8 Å². The average molecular weight is 242 g/mol. The fourth-order valence-corrected chi connectivity index (χ4v) is 2.59. The van der Waals surface area contributed by atoms with Crippen molar-refractivity contribution in [1.29, 1.82) is 0 Å². The number of aromatic hydroxyl groups is 1. The maximum atomic E-state index is 9.80. The molecule has 1 nitrogen and oxygen atoms in total. The van der Waals surface area contributed by atoms with Gasteiger partial charge in [0, 0.05) is 0 Å². The fourth-order valence-electron chi connectivity index (χ4n) is 2.59. The van der Waals surface area contributed by atoms with Crippen LogP contribution in [0.4, 0.5) is 0 Å². The van der Waals surface area contributed by atoms with Crippen molar-refractivity contribution >= 4 is 5.57 Å². The first kappa shape index (κ1) is 12.9. The van der Waals surface area contributed by atoms with E-state index in [1.54, 1.807) is 0 Å². The van der Waals surface area contributed by atoms with Crippen LogP contribution in [0.3, 0.4) is 0 Å². The third-order valence-electron chi connectivity index (χ3n) is 3.67. The van der Waals surface area contributed by atoms with Crippen LogP contribution in [0.1, 0.15) is 42.9 Å². The lowest BCUT2D eigenvalue weighted by Gasteiger charge is -2.16. The summed E-state index contributed by atoms with van der Waals surface area (Å²) in [5, 5.41) is 9.80. The lowest BCUT2D eigenvalue weighted by molar-refractivity contribution is 0.467. The smallest absolute Gasteiger partial charge is 0.121 e. The Balaban J connectivity index is 2.22. The maximum Gasteiger partial charge on any atom is 0.121 e. The zero-order valence-electron chi connectivity index (χ0n) is 11.5. The van der Waals surface area contributed by atoms with Gasteiger partial charge in [-0.25, -0.2) is 0 Å². The van der Waals surface area contributed by atoms with Crippen molar-refractivity contribution in [3.05, 3.63) is 47.1 Å². The van der Waals surface area contributed by atoms with Gasteiger partial charge in [0.2, 0.25) is 0 Å². The summed E-state index contributed by atoms with van der Waals surface area (Å²) >= 11 is 0. The molecule has 1 unspecified atom stereocenters. The zero-order valence-corrected chi connectivity index (χ0v) is 11.5. The lowest BCUT2D eigenvalue weighted by Crippen LogP contribution is -1.99. The summed E-state index contributed by atoms with van der Waals surface area (Å²) in [6.45, 7) is 6.15. The van der Waals surface area contributed by atoms with Crippen molar-refractivity contribution in [1.82, 2.24) is 0 Å². The van der Waals surface area contributed by atoms with Crippen molar-refractivity contribution in [2.75, 3.05) is 0 Å². The van der Waals surface area contributed by atoms with Crippen LogP contribution in [0.2, 0.25) is 0 Å². The van der Waals surface area contributed by atoms with E-state index in [1.165, 1.54) is 24.0 Å². The summed E-state index contributed by atoms with van der Waals surface area (Å²) in [6, 6.07) is 4.14. The number of rotatable bonds is 3. The third kappa shape index (κ3) is 2.66. The second kappa shape index (κ2) is 5.43. The van der Waals surface area contributed by atoms with E-state index in [4.69, 9.17) is 0 Å². The molecule has 1 heteroatoms. The van der Waals surface area contributed by atoms with Crippen LogP contribution >= 0.6 is 0 Å². The highest BCUT2D eigenvalue weighted by molar-refractivity contribution is 5.76. The van der Waals surface area contributed by atoms with Crippen molar-refractivity contribution in [2.24, 2.45) is 5.92 Å². The molecule has 0 bridgehead atoms. The number of aryl methyl sites for hydroxylation is 2. The van der Waals surface area contributed by atoms with E-state index in [-0.39, 0.29) is 0 Å². The molecule has 1 aromatic carbocycles. The molecule has 2 rings (SSSR count). The molecule has 0 heterocycles. The first-order valence-corrected chi connectivity index (χ1v) is 6.80. The minimum atomic E-state index is 0.419. The van der Waals surface area contributed by atoms with Crippen LogP contribution < -0.4 is 0 Å². The molecule has 0 radical (unpaired) electrons. The highest BCUT2D eigenvalue weighted by atomic mass is 16.3. The predicted molar refractivity (Wildman–Crippen MR) is 77.7 cm³/mol. The van der Waals surface area contributed by atoms with E-state index in [0.29, 0.717) is 11.7 Å². The molecule has 1 N–H and O–H groups in total. The molecule has 1 aromatic rings. The Morgan fingerprint density at radius 1 is 1.22 bits per heavy atom. The maximum absolute atomic E-state index is 9.80. The second-order valence-corrected chi connectivity index (χ2v) is 5.26. The third-order valence-corrected chi connectivity index (χ3v) is 3.67. The quantitative estimate of drug-likeness (QED) is 0.809. The van der Waals surface area contributed by atoms with Crippen LogP contribution in [0.5, 0.6) is 5.75 Å². The number of hydrogen-bond acceptors (Lipinski definition) is 1. The molecular formula is C17H22O. The Labute approximate surface area is 110 Å². The first-order valence-electron chi connectivity index (χ1n) is 6.80. The van der Waals surface area contributed by atoms with Gasteiger partial charge in [-0.05, 0) is 67.0 Å². The molecule has 18 heavy (non-hydrogen) atoms. The van der Waals surface area contributed by atoms with Gasteiger partial charge in [0.15, 0.2) is 0 Å². The summed E-state index contributed by atoms with van der Waals surface area (Å²) in [6.07, 6.45) is 10.5. The Kier molecular flexibility index (Phi) is 3.90. The molecule has 0 aromatic heterocycles. The Morgan fingerprint density at radius 3 is 2.39 bits per heavy atom. The van der Waals surface area contributed by atoms with Crippen molar-refractivity contribution in [2.45, 2.75) is 40.0 Å². The molecule has 0 fully saturated rings. The Hall–Kier alpha value is -1.50. The topological polar surface area (TPSA) is 20.2 Å². The summed E-state index contributed by atoms with van der Waals surface area (Å²) in [4.78, 5) is 0. The number of allylic oxidation sites excluding steroid dienone is 4. The average Bonchev–Trinajstić information content (AvgIpc) is 2.37. The van der Waals surface area contributed by atoms with Gasteiger partial charge in [-0.3, -0.25) is 0 Å². The molecule has 0 aliphatic heterocycles. The van der Waals surface area contributed by atoms with Crippen LogP contribution in [0.15, 0.2) is 30.4 Å². The summed E-state index contributed by atoms with van der Waals surface area (Å²) < 4.78 is 0. The first-order chi connectivity index (χ1) is 8.61. The van der Waals surface area contributed by atoms with Gasteiger partial charge in [0.25, 0.3) is 0 Å². The molecule has 1 atom stereocenters. The second-order valence-electron chi connectivity index (χ2n) is 5.26. The molecule has 1 aliphatic carbocycles. The minimum Gasteiger partial charge on any atom is -0.507 e. The molecular weight excluding hydrogens is 220 g/mol. The number of benzene rings is 1. The molecule has 96 valence electrons. The largest absolute Gasteiger partial charge is 0.507 e. The van der Waals surface area contributed by atoms with E-state index in [9.17, 15) is 5.11 Å². The Bertz CT molecular complexity index is 471. The fraction of sp³-hybridized carbons (Fsp3) is 0.412. The SMILES string of the molecule is CCCC1C=CC(c2cc(C)c(O)c(C)c2)=CC1. The van der Waals surface area contributed by atoms with Gasteiger partial charge < -0.3 is 5.11 Å². The van der Waals surface area contributed by atoms with Gasteiger partial charge in [-0.15, -0.1) is 0 Å². The van der Waals surface area contributed by atoms with E-state index in [0.717, 1.165) is 17.5 Å². The zero-order chi connectivity index (χ0) is 13.1. The molecule has 0 saturated carbocycles. The van der Waals surface area contributed by atoms with Crippen molar-refractivity contribution in [3.8, 4) is 5.75 Å². The summed E-state index contributed by atoms with van der Waals surface area (Å²) in [5.74, 6) is 1.13. The Morgan fingerprint density at radius 2 is 1.89 bits per heavy atom. The van der Waals surface area contributed by atoms with Gasteiger partial charge >= 0.3 is 0 Å². The highest BCUT2D eigenvalue weighted by Gasteiger charge is 2.11. The molecule has 1 aliphatic rings. The van der Waals surface area contributed by atoms with Crippen LogP contribution in [-0.2, 0) is 0 Å². The van der Waals surface area contributed by atoms with E-state index < -0.39 is 0 Å². The molecule has 0 amide bonds. The molecule has 0 spiro atoms. The van der Waals surface area contributed by atoms with E-state index in [2.05, 4.69) is 37.3 Å². The number of phenolic OH excluding ortho intramolecular Hbond substituents is 1. The van der Waals surface area contributed by atoms with Gasteiger partial charge in [0.05, 0.1) is 0 Å². The van der Waals surface area contributed by atoms with Crippen molar-refractivity contribution in [3.63, 3.8) is 0 Å². The standard InChI is InChI=1S/C17H22O/c1-4-5-14-6-8-15(9-7-14)16-10-12(2)17(18)13(3)11-16/h6,8-11,14,18H,4-5,7H2,1-3H3. The van der Waals surface area contributed by atoms with Gasteiger partial charge in [-0.1, -0.05) is 31.6 Å². The number of hydrogen-bond donors (Lipinski definition) is 1. The molecule has 0 saturated heterocycles.